The summed E-state index contributed by atoms with van der Waals surface area (Å²) in [5, 5.41) is 3.84. The Bertz CT molecular complexity index is 1920. The van der Waals surface area contributed by atoms with Crippen molar-refractivity contribution in [2.24, 2.45) is 5.73 Å². The molecule has 0 saturated heterocycles. The van der Waals surface area contributed by atoms with Crippen molar-refractivity contribution >= 4 is 23.3 Å². The molecule has 218 valence electrons. The second-order valence-electron chi connectivity index (χ2n) is 9.40. The molecule has 0 bridgehead atoms. The van der Waals surface area contributed by atoms with E-state index in [0.717, 1.165) is 36.2 Å². The van der Waals surface area contributed by atoms with Crippen LogP contribution >= 0.6 is 0 Å². The lowest BCUT2D eigenvalue weighted by Gasteiger charge is -2.12. The molecule has 0 radical (unpaired) electrons. The molecule has 0 aliphatic heterocycles. The zero-order valence-electron chi connectivity index (χ0n) is 23.1. The van der Waals surface area contributed by atoms with Gasteiger partial charge in [-0.3, -0.25) is 9.36 Å². The van der Waals surface area contributed by atoms with Gasteiger partial charge in [0.2, 0.25) is 5.95 Å². The van der Waals surface area contributed by atoms with E-state index in [0.29, 0.717) is 34.9 Å². The van der Waals surface area contributed by atoms with Crippen LogP contribution < -0.4 is 11.5 Å². The highest BCUT2D eigenvalue weighted by Crippen LogP contribution is 2.32. The molecule has 6 aromatic rings. The minimum Gasteiger partial charge on any atom is -0.383 e. The van der Waals surface area contributed by atoms with Crippen LogP contribution in [0.4, 0.5) is 19.0 Å². The predicted molar refractivity (Wildman–Crippen MR) is 157 cm³/mol. The van der Waals surface area contributed by atoms with Gasteiger partial charge in [-0.05, 0) is 92.0 Å². The molecule has 4 aromatic heterocycles. The van der Waals surface area contributed by atoms with E-state index in [1.807, 2.05) is 22.8 Å². The van der Waals surface area contributed by atoms with Crippen molar-refractivity contribution in [1.82, 2.24) is 29.3 Å². The number of aldehydes is 1. The summed E-state index contributed by atoms with van der Waals surface area (Å²) in [7, 11) is 1.50. The summed E-state index contributed by atoms with van der Waals surface area (Å²) in [5.41, 5.74) is 16.6. The van der Waals surface area contributed by atoms with Crippen LogP contribution in [0.25, 0.3) is 34.1 Å². The third-order valence-electron chi connectivity index (χ3n) is 6.78. The number of halogens is 3. The van der Waals surface area contributed by atoms with Crippen molar-refractivity contribution < 1.29 is 18.0 Å². The lowest BCUT2D eigenvalue weighted by Crippen LogP contribution is -2.04. The summed E-state index contributed by atoms with van der Waals surface area (Å²) in [6.45, 7) is 0. The smallest absolute Gasteiger partial charge is 0.233 e. The van der Waals surface area contributed by atoms with Gasteiger partial charge in [-0.15, -0.1) is 5.10 Å². The van der Waals surface area contributed by atoms with Crippen molar-refractivity contribution in [2.45, 2.75) is 19.3 Å². The van der Waals surface area contributed by atoms with Gasteiger partial charge < -0.3 is 11.5 Å². The van der Waals surface area contributed by atoms with Crippen LogP contribution in [0.5, 0.6) is 0 Å². The fourth-order valence-corrected chi connectivity index (χ4v) is 4.82. The fourth-order valence-electron chi connectivity index (χ4n) is 4.82. The Labute approximate surface area is 244 Å². The molecule has 4 N–H and O–H groups in total. The van der Waals surface area contributed by atoms with E-state index in [4.69, 9.17) is 15.7 Å². The van der Waals surface area contributed by atoms with Crippen LogP contribution in [0.2, 0.25) is 0 Å². The van der Waals surface area contributed by atoms with Crippen molar-refractivity contribution in [2.75, 3.05) is 12.8 Å². The number of hydrogen-bond donors (Lipinski definition) is 2. The predicted octanol–water partition coefficient (Wildman–Crippen LogP) is 5.23. The molecular formula is C31H27F3N8O. The molecule has 0 fully saturated rings. The molecule has 9 nitrogen and oxygen atoms in total. The van der Waals surface area contributed by atoms with E-state index in [1.54, 1.807) is 18.5 Å². The average Bonchev–Trinajstić information content (AvgIpc) is 3.77. The van der Waals surface area contributed by atoms with Crippen molar-refractivity contribution in [1.29, 1.82) is 0 Å². The summed E-state index contributed by atoms with van der Waals surface area (Å²) < 4.78 is 41.2. The zero-order chi connectivity index (χ0) is 30.5. The van der Waals surface area contributed by atoms with E-state index in [-0.39, 0.29) is 5.56 Å². The van der Waals surface area contributed by atoms with Gasteiger partial charge in [0.25, 0.3) is 0 Å². The van der Waals surface area contributed by atoms with Crippen LogP contribution in [0.15, 0.2) is 79.1 Å². The molecule has 12 heteroatoms. The van der Waals surface area contributed by atoms with E-state index >= 15 is 0 Å². The first-order valence-electron chi connectivity index (χ1n) is 13.3. The molecular weight excluding hydrogens is 557 g/mol. The third kappa shape index (κ3) is 5.99. The largest absolute Gasteiger partial charge is 0.383 e. The summed E-state index contributed by atoms with van der Waals surface area (Å²) in [6.07, 6.45) is 6.99. The maximum atomic E-state index is 13.5. The van der Waals surface area contributed by atoms with Gasteiger partial charge in [-0.2, -0.15) is 4.39 Å². The van der Waals surface area contributed by atoms with Crippen LogP contribution in [0.1, 0.15) is 27.9 Å². The number of imidazole rings is 1. The number of hydrogen-bond acceptors (Lipinski definition) is 7. The number of nitrogens with two attached hydrogens (primary N) is 2. The maximum Gasteiger partial charge on any atom is 0.233 e. The maximum absolute atomic E-state index is 13.5. The number of anilines is 1. The van der Waals surface area contributed by atoms with Crippen LogP contribution in [-0.2, 0) is 12.8 Å². The van der Waals surface area contributed by atoms with Crippen LogP contribution in [0.3, 0.4) is 0 Å². The van der Waals surface area contributed by atoms with E-state index in [2.05, 4.69) is 34.0 Å². The quantitative estimate of drug-likeness (QED) is 0.271. The number of rotatable bonds is 4. The van der Waals surface area contributed by atoms with Gasteiger partial charge in [0.05, 0.1) is 5.56 Å². The third-order valence-corrected chi connectivity index (χ3v) is 6.78. The number of carbonyl (C=O) groups is 1. The minimum atomic E-state index is -0.996. The van der Waals surface area contributed by atoms with Crippen LogP contribution in [-0.4, -0.2) is 42.6 Å². The SMILES string of the molecule is CN.Nc1ncccc1-c1nc2ccc(-n3ccc(F)n3)nc2n1-c1ccc2c(c1)CCC2.O=Cc1ccc(F)c(F)c1. The molecule has 1 aliphatic rings. The van der Waals surface area contributed by atoms with Gasteiger partial charge >= 0.3 is 0 Å². The number of aryl methyl sites for hydroxylation is 2. The Morgan fingerprint density at radius 3 is 2.42 bits per heavy atom. The molecule has 0 atom stereocenters. The highest BCUT2D eigenvalue weighted by atomic mass is 19.2. The van der Waals surface area contributed by atoms with Gasteiger partial charge in [0.1, 0.15) is 17.6 Å². The fraction of sp³-hybridized carbons (Fsp3) is 0.129. The first-order chi connectivity index (χ1) is 20.9. The molecule has 7 rings (SSSR count). The Morgan fingerprint density at radius 2 is 1.70 bits per heavy atom. The number of aromatic nitrogens is 6. The van der Waals surface area contributed by atoms with Gasteiger partial charge in [0.15, 0.2) is 28.9 Å². The highest BCUT2D eigenvalue weighted by molar-refractivity contribution is 5.83. The Balaban J connectivity index is 0.000000261. The lowest BCUT2D eigenvalue weighted by molar-refractivity contribution is 0.112. The molecule has 0 saturated carbocycles. The van der Waals surface area contributed by atoms with Crippen LogP contribution in [0, 0.1) is 17.6 Å². The second kappa shape index (κ2) is 12.7. The van der Waals surface area contributed by atoms with Gasteiger partial charge in [0, 0.05) is 29.7 Å². The summed E-state index contributed by atoms with van der Waals surface area (Å²) in [6, 6.07) is 18.1. The normalized spacial score (nSPS) is 11.7. The number of nitrogens with zero attached hydrogens (tertiary/aromatic N) is 6. The van der Waals surface area contributed by atoms with E-state index in [9.17, 15) is 18.0 Å². The number of fused-ring (bicyclic) bond motifs is 2. The van der Waals surface area contributed by atoms with E-state index < -0.39 is 17.6 Å². The molecule has 0 spiro atoms. The van der Waals surface area contributed by atoms with E-state index in [1.165, 1.54) is 41.4 Å². The highest BCUT2D eigenvalue weighted by Gasteiger charge is 2.20. The number of carbonyl (C=O) groups excluding carboxylic acids is 1. The molecule has 1 aliphatic carbocycles. The molecule has 0 unspecified atom stereocenters. The minimum absolute atomic E-state index is 0.138. The number of benzene rings is 2. The number of nitrogen functional groups attached to an aromatic ring is 1. The average molecular weight is 585 g/mol. The Morgan fingerprint density at radius 1 is 0.884 bits per heavy atom. The Hall–Kier alpha value is -5.36. The first kappa shape index (κ1) is 29.1. The lowest BCUT2D eigenvalue weighted by atomic mass is 10.1. The Kier molecular flexibility index (Phi) is 8.58. The summed E-state index contributed by atoms with van der Waals surface area (Å²) in [5.74, 6) is -0.929. The second-order valence-corrected chi connectivity index (χ2v) is 9.40. The number of pyridine rings is 2. The monoisotopic (exact) mass is 584 g/mol. The molecule has 4 heterocycles. The van der Waals surface area contributed by atoms with Crippen molar-refractivity contribution in [3.8, 4) is 22.9 Å². The summed E-state index contributed by atoms with van der Waals surface area (Å²) in [4.78, 5) is 23.8. The standard InChI is InChI=1S/C23H18FN7.C7H4F2O.CH5N/c24-19-10-12-30(29-19)20-9-8-18-23(28-20)31(16-7-6-14-3-1-4-15(14)13-16)22(27-18)17-5-2-11-26-21(17)25;8-6-2-1-5(4-10)3-7(6)9;1-2/h2,5-13H,1,3-4H2,(H2,25,26);1-4H;2H2,1H3. The molecule has 2 aromatic carbocycles. The van der Waals surface area contributed by atoms with Crippen molar-refractivity contribution in [3.63, 3.8) is 0 Å². The molecule has 43 heavy (non-hydrogen) atoms. The summed E-state index contributed by atoms with van der Waals surface area (Å²) >= 11 is 0. The van der Waals surface area contributed by atoms with Gasteiger partial charge in [-0.1, -0.05) is 6.07 Å². The van der Waals surface area contributed by atoms with Gasteiger partial charge in [-0.25, -0.2) is 28.4 Å². The first-order valence-corrected chi connectivity index (χ1v) is 13.3. The molecule has 0 amide bonds. The van der Waals surface area contributed by atoms with Crippen molar-refractivity contribution in [3.05, 3.63) is 113 Å². The topological polar surface area (TPSA) is 131 Å². The zero-order valence-corrected chi connectivity index (χ0v) is 23.1.